The first kappa shape index (κ1) is 16.3. The van der Waals surface area contributed by atoms with E-state index in [4.69, 9.17) is 0 Å². The summed E-state index contributed by atoms with van der Waals surface area (Å²) in [7, 11) is 0. The van der Waals surface area contributed by atoms with Crippen molar-refractivity contribution in [2.45, 2.75) is 33.2 Å². The van der Waals surface area contributed by atoms with Crippen molar-refractivity contribution < 1.29 is 8.78 Å². The Morgan fingerprint density at radius 2 is 1.88 bits per heavy atom. The molecular weight excluding hydrogens is 310 g/mol. The first-order valence-corrected chi connectivity index (χ1v) is 7.96. The van der Waals surface area contributed by atoms with Crippen molar-refractivity contribution in [2.75, 3.05) is 0 Å². The molecule has 0 unspecified atom stereocenters. The molecule has 3 nitrogen and oxygen atoms in total. The molecule has 0 fully saturated rings. The lowest BCUT2D eigenvalue weighted by Crippen LogP contribution is -2.20. The van der Waals surface area contributed by atoms with E-state index in [0.29, 0.717) is 28.4 Å². The summed E-state index contributed by atoms with van der Waals surface area (Å²) in [6.07, 6.45) is 6.55. The second-order valence-electron chi connectivity index (χ2n) is 5.88. The third-order valence-electron chi connectivity index (χ3n) is 4.23. The lowest BCUT2D eigenvalue weighted by atomic mass is 10.00. The molecule has 24 heavy (non-hydrogen) atoms. The minimum absolute atomic E-state index is 0.0102. The smallest absolute Gasteiger partial charge is 0.260 e. The summed E-state index contributed by atoms with van der Waals surface area (Å²) < 4.78 is 29.6. The third-order valence-corrected chi connectivity index (χ3v) is 4.23. The van der Waals surface area contributed by atoms with Crippen LogP contribution in [0.3, 0.4) is 0 Å². The van der Waals surface area contributed by atoms with Gasteiger partial charge in [0, 0.05) is 36.3 Å². The maximum Gasteiger partial charge on any atom is 0.260 e. The van der Waals surface area contributed by atoms with Gasteiger partial charge in [-0.1, -0.05) is 13.3 Å². The lowest BCUT2D eigenvalue weighted by Gasteiger charge is -2.13. The SMILES string of the molecule is CCCCn1cc(-c2cc(F)c(C)c(F)c2)c2ccncc2c1=O. The number of fused-ring (bicyclic) bond motifs is 1. The first-order chi connectivity index (χ1) is 11.5. The van der Waals surface area contributed by atoms with Crippen LogP contribution >= 0.6 is 0 Å². The van der Waals surface area contributed by atoms with Gasteiger partial charge in [0.15, 0.2) is 0 Å². The van der Waals surface area contributed by atoms with Crippen molar-refractivity contribution in [2.24, 2.45) is 0 Å². The van der Waals surface area contributed by atoms with Gasteiger partial charge in [-0.2, -0.15) is 0 Å². The molecule has 3 aromatic rings. The van der Waals surface area contributed by atoms with Crippen molar-refractivity contribution in [3.8, 4) is 11.1 Å². The minimum Gasteiger partial charge on any atom is -0.314 e. The van der Waals surface area contributed by atoms with Crippen LogP contribution in [0.2, 0.25) is 0 Å². The highest BCUT2D eigenvalue weighted by Gasteiger charge is 2.14. The van der Waals surface area contributed by atoms with Gasteiger partial charge >= 0.3 is 0 Å². The average molecular weight is 328 g/mol. The maximum absolute atomic E-state index is 14.0. The number of pyridine rings is 2. The van der Waals surface area contributed by atoms with E-state index >= 15 is 0 Å². The van der Waals surface area contributed by atoms with Crippen molar-refractivity contribution >= 4 is 10.8 Å². The lowest BCUT2D eigenvalue weighted by molar-refractivity contribution is 0.569. The number of aryl methyl sites for hydroxylation is 1. The second kappa shape index (κ2) is 6.51. The van der Waals surface area contributed by atoms with Gasteiger partial charge < -0.3 is 4.57 Å². The van der Waals surface area contributed by atoms with Gasteiger partial charge in [-0.05, 0) is 42.5 Å². The van der Waals surface area contributed by atoms with Crippen LogP contribution < -0.4 is 5.56 Å². The van der Waals surface area contributed by atoms with Gasteiger partial charge in [-0.15, -0.1) is 0 Å². The van der Waals surface area contributed by atoms with Crippen LogP contribution in [0, 0.1) is 18.6 Å². The highest BCUT2D eigenvalue weighted by molar-refractivity contribution is 5.95. The summed E-state index contributed by atoms with van der Waals surface area (Å²) in [6, 6.07) is 4.32. The van der Waals surface area contributed by atoms with E-state index in [-0.39, 0.29) is 11.1 Å². The van der Waals surface area contributed by atoms with E-state index in [2.05, 4.69) is 4.98 Å². The molecule has 5 heteroatoms. The number of rotatable bonds is 4. The Labute approximate surface area is 138 Å². The largest absolute Gasteiger partial charge is 0.314 e. The molecular formula is C19H18F2N2O. The Bertz CT molecular complexity index is 940. The number of hydrogen-bond donors (Lipinski definition) is 0. The molecule has 0 amide bonds. The molecule has 0 bridgehead atoms. The Balaban J connectivity index is 2.31. The monoisotopic (exact) mass is 328 g/mol. The van der Waals surface area contributed by atoms with Crippen molar-refractivity contribution in [3.63, 3.8) is 0 Å². The molecule has 0 radical (unpaired) electrons. The zero-order chi connectivity index (χ0) is 17.3. The van der Waals surface area contributed by atoms with Gasteiger partial charge in [-0.25, -0.2) is 8.78 Å². The summed E-state index contributed by atoms with van der Waals surface area (Å²) in [5, 5.41) is 1.10. The van der Waals surface area contributed by atoms with Crippen LogP contribution in [0.1, 0.15) is 25.3 Å². The molecule has 0 aliphatic heterocycles. The normalized spacial score (nSPS) is 11.2. The van der Waals surface area contributed by atoms with E-state index in [9.17, 15) is 13.6 Å². The van der Waals surface area contributed by atoms with Gasteiger partial charge in [0.2, 0.25) is 0 Å². The van der Waals surface area contributed by atoms with Gasteiger partial charge in [0.1, 0.15) is 11.6 Å². The summed E-state index contributed by atoms with van der Waals surface area (Å²) in [6.45, 7) is 4.00. The summed E-state index contributed by atoms with van der Waals surface area (Å²) in [5.41, 5.74) is 0.894. The van der Waals surface area contributed by atoms with Crippen molar-refractivity contribution in [1.29, 1.82) is 0 Å². The quantitative estimate of drug-likeness (QED) is 0.709. The predicted octanol–water partition coefficient (Wildman–Crippen LogP) is 4.45. The van der Waals surface area contributed by atoms with Gasteiger partial charge in [0.25, 0.3) is 5.56 Å². The highest BCUT2D eigenvalue weighted by atomic mass is 19.1. The van der Waals surface area contributed by atoms with Crippen molar-refractivity contribution in [1.82, 2.24) is 9.55 Å². The van der Waals surface area contributed by atoms with E-state index in [1.807, 2.05) is 6.92 Å². The number of halogens is 2. The van der Waals surface area contributed by atoms with Crippen LogP contribution in [-0.4, -0.2) is 9.55 Å². The van der Waals surface area contributed by atoms with E-state index in [1.165, 1.54) is 25.3 Å². The van der Waals surface area contributed by atoms with Gasteiger partial charge in [-0.3, -0.25) is 9.78 Å². The summed E-state index contributed by atoms with van der Waals surface area (Å²) >= 11 is 0. The van der Waals surface area contributed by atoms with Crippen LogP contribution in [-0.2, 0) is 6.54 Å². The minimum atomic E-state index is -0.599. The fraction of sp³-hybridized carbons (Fsp3) is 0.263. The maximum atomic E-state index is 14.0. The molecule has 0 saturated heterocycles. The fourth-order valence-corrected chi connectivity index (χ4v) is 2.76. The zero-order valence-electron chi connectivity index (χ0n) is 13.6. The summed E-state index contributed by atoms with van der Waals surface area (Å²) in [4.78, 5) is 16.6. The number of nitrogens with zero attached hydrogens (tertiary/aromatic N) is 2. The second-order valence-corrected chi connectivity index (χ2v) is 5.88. The van der Waals surface area contributed by atoms with Crippen LogP contribution in [0.4, 0.5) is 8.78 Å². The predicted molar refractivity (Wildman–Crippen MR) is 91.0 cm³/mol. The molecule has 0 aliphatic carbocycles. The molecule has 1 aromatic carbocycles. The molecule has 0 saturated carbocycles. The Hall–Kier alpha value is -2.56. The standard InChI is InChI=1S/C19H18F2N2O/c1-3-4-7-23-11-16(13-8-17(20)12(2)18(21)9-13)14-5-6-22-10-15(14)19(23)24/h5-6,8-11H,3-4,7H2,1-2H3. The van der Waals surface area contributed by atoms with Crippen molar-refractivity contribution in [3.05, 3.63) is 64.3 Å². The van der Waals surface area contributed by atoms with Crippen LogP contribution in [0.15, 0.2) is 41.6 Å². The molecule has 124 valence electrons. The molecule has 2 aromatic heterocycles. The first-order valence-electron chi connectivity index (χ1n) is 7.96. The average Bonchev–Trinajstić information content (AvgIpc) is 2.59. The number of hydrogen-bond acceptors (Lipinski definition) is 2. The van der Waals surface area contributed by atoms with Gasteiger partial charge in [0.05, 0.1) is 5.39 Å². The molecule has 0 atom stereocenters. The Kier molecular flexibility index (Phi) is 4.42. The molecule has 0 spiro atoms. The molecule has 2 heterocycles. The number of aromatic nitrogens is 2. The van der Waals surface area contributed by atoms with Crippen LogP contribution in [0.25, 0.3) is 21.9 Å². The third kappa shape index (κ3) is 2.82. The number of unbranched alkanes of at least 4 members (excludes halogenated alkanes) is 1. The fourth-order valence-electron chi connectivity index (χ4n) is 2.76. The van der Waals surface area contributed by atoms with E-state index in [1.54, 1.807) is 23.0 Å². The zero-order valence-corrected chi connectivity index (χ0v) is 13.6. The summed E-state index contributed by atoms with van der Waals surface area (Å²) in [5.74, 6) is -1.20. The van der Waals surface area contributed by atoms with E-state index in [0.717, 1.165) is 12.8 Å². The Morgan fingerprint density at radius 1 is 1.17 bits per heavy atom. The topological polar surface area (TPSA) is 34.9 Å². The molecule has 0 N–H and O–H groups in total. The van der Waals surface area contributed by atoms with Crippen LogP contribution in [0.5, 0.6) is 0 Å². The number of benzene rings is 1. The van der Waals surface area contributed by atoms with E-state index < -0.39 is 11.6 Å². The molecule has 3 rings (SSSR count). The highest BCUT2D eigenvalue weighted by Crippen LogP contribution is 2.29. The molecule has 0 aliphatic rings. The Morgan fingerprint density at radius 3 is 2.54 bits per heavy atom.